The highest BCUT2D eigenvalue weighted by Crippen LogP contribution is 2.35. The number of hydrogen-bond donors (Lipinski definition) is 1. The number of nitrogens with two attached hydrogens (primary N) is 1. The van der Waals surface area contributed by atoms with Crippen LogP contribution in [0, 0.1) is 5.92 Å². The van der Waals surface area contributed by atoms with E-state index in [0.29, 0.717) is 17.5 Å². The van der Waals surface area contributed by atoms with Crippen molar-refractivity contribution in [2.45, 2.75) is 38.5 Å². The van der Waals surface area contributed by atoms with Crippen molar-refractivity contribution in [1.82, 2.24) is 4.98 Å². The molecule has 2 rings (SSSR count). The Bertz CT molecular complexity index is 381. The number of anilines is 1. The number of aromatic nitrogens is 1. The van der Waals surface area contributed by atoms with E-state index in [1.54, 1.807) is 6.92 Å². The van der Waals surface area contributed by atoms with E-state index in [0.717, 1.165) is 31.4 Å². The number of carbonyl (C=O) groups excluding carboxylic acids is 1. The lowest BCUT2D eigenvalue weighted by atomic mass is 9.79. The van der Waals surface area contributed by atoms with Crippen LogP contribution in [0.1, 0.15) is 44.2 Å². The summed E-state index contributed by atoms with van der Waals surface area (Å²) in [7, 11) is 0. The minimum absolute atomic E-state index is 0.275. The third-order valence-corrected chi connectivity index (χ3v) is 3.51. The van der Waals surface area contributed by atoms with Gasteiger partial charge in [-0.1, -0.05) is 6.07 Å². The van der Waals surface area contributed by atoms with Gasteiger partial charge in [0.15, 0.2) is 0 Å². The fourth-order valence-corrected chi connectivity index (χ4v) is 2.49. The molecule has 0 bridgehead atoms. The quantitative estimate of drug-likeness (QED) is 0.829. The van der Waals surface area contributed by atoms with Crippen LogP contribution < -0.4 is 5.73 Å². The number of nitrogens with zero attached hydrogens (tertiary/aromatic N) is 1. The molecule has 3 heteroatoms. The Hall–Kier alpha value is -1.38. The van der Waals surface area contributed by atoms with Gasteiger partial charge in [-0.05, 0) is 44.7 Å². The first-order valence-corrected chi connectivity index (χ1v) is 5.89. The molecular formula is C13H18N2O. The van der Waals surface area contributed by atoms with Crippen molar-refractivity contribution in [1.29, 1.82) is 0 Å². The third kappa shape index (κ3) is 2.40. The van der Waals surface area contributed by atoms with Crippen molar-refractivity contribution >= 4 is 11.6 Å². The zero-order valence-electron chi connectivity index (χ0n) is 9.65. The van der Waals surface area contributed by atoms with Crippen molar-refractivity contribution in [3.8, 4) is 0 Å². The molecule has 1 aliphatic rings. The average molecular weight is 218 g/mol. The Balaban J connectivity index is 2.01. The maximum Gasteiger partial charge on any atom is 0.132 e. The number of Topliss-reactive ketones (excluding diaryl/α,β-unsaturated/α-hetero) is 1. The molecule has 0 unspecified atom stereocenters. The van der Waals surface area contributed by atoms with Crippen molar-refractivity contribution in [3.05, 3.63) is 23.9 Å². The average Bonchev–Trinajstić information content (AvgIpc) is 2.29. The smallest absolute Gasteiger partial charge is 0.132 e. The molecule has 0 atom stereocenters. The fourth-order valence-electron chi connectivity index (χ4n) is 2.49. The van der Waals surface area contributed by atoms with Gasteiger partial charge in [0, 0.05) is 17.5 Å². The van der Waals surface area contributed by atoms with Gasteiger partial charge >= 0.3 is 0 Å². The molecule has 16 heavy (non-hydrogen) atoms. The van der Waals surface area contributed by atoms with Crippen molar-refractivity contribution < 1.29 is 4.79 Å². The molecule has 86 valence electrons. The lowest BCUT2D eigenvalue weighted by Crippen LogP contribution is -2.19. The predicted molar refractivity (Wildman–Crippen MR) is 64.0 cm³/mol. The molecule has 0 amide bonds. The summed E-state index contributed by atoms with van der Waals surface area (Å²) >= 11 is 0. The first-order chi connectivity index (χ1) is 7.66. The molecule has 2 N–H and O–H groups in total. The number of nitrogen functional groups attached to an aromatic ring is 1. The van der Waals surface area contributed by atoms with E-state index in [-0.39, 0.29) is 5.92 Å². The second-order valence-electron chi connectivity index (χ2n) is 4.65. The van der Waals surface area contributed by atoms with E-state index in [1.165, 1.54) is 0 Å². The van der Waals surface area contributed by atoms with E-state index >= 15 is 0 Å². The Morgan fingerprint density at radius 1 is 1.31 bits per heavy atom. The summed E-state index contributed by atoms with van der Waals surface area (Å²) in [5.74, 6) is 1.68. The van der Waals surface area contributed by atoms with Crippen LogP contribution in [0.4, 0.5) is 5.82 Å². The summed E-state index contributed by atoms with van der Waals surface area (Å²) in [6.45, 7) is 1.70. The summed E-state index contributed by atoms with van der Waals surface area (Å²) in [5, 5.41) is 0. The lowest BCUT2D eigenvalue weighted by molar-refractivity contribution is -0.121. The van der Waals surface area contributed by atoms with Gasteiger partial charge in [0.2, 0.25) is 0 Å². The third-order valence-electron chi connectivity index (χ3n) is 3.51. The maximum atomic E-state index is 11.3. The molecule has 3 nitrogen and oxygen atoms in total. The van der Waals surface area contributed by atoms with E-state index in [1.807, 2.05) is 18.2 Å². The van der Waals surface area contributed by atoms with E-state index in [2.05, 4.69) is 4.98 Å². The molecule has 0 spiro atoms. The number of ketones is 1. The van der Waals surface area contributed by atoms with Gasteiger partial charge in [0.05, 0.1) is 0 Å². The van der Waals surface area contributed by atoms with Crippen LogP contribution in [0.25, 0.3) is 0 Å². The van der Waals surface area contributed by atoms with Crippen molar-refractivity contribution in [2.75, 3.05) is 5.73 Å². The fraction of sp³-hybridized carbons (Fsp3) is 0.538. The lowest BCUT2D eigenvalue weighted by Gasteiger charge is -2.26. The highest BCUT2D eigenvalue weighted by Gasteiger charge is 2.25. The van der Waals surface area contributed by atoms with Gasteiger partial charge in [-0.2, -0.15) is 0 Å². The van der Waals surface area contributed by atoms with Crippen LogP contribution in [0.5, 0.6) is 0 Å². The number of rotatable bonds is 2. The molecule has 1 aromatic rings. The summed E-state index contributed by atoms with van der Waals surface area (Å²) in [6, 6.07) is 5.80. The van der Waals surface area contributed by atoms with Gasteiger partial charge < -0.3 is 5.73 Å². The second-order valence-corrected chi connectivity index (χ2v) is 4.65. The second kappa shape index (κ2) is 4.64. The first-order valence-electron chi connectivity index (χ1n) is 5.89. The van der Waals surface area contributed by atoms with Crippen LogP contribution in [0.2, 0.25) is 0 Å². The van der Waals surface area contributed by atoms with Gasteiger partial charge in [-0.15, -0.1) is 0 Å². The summed E-state index contributed by atoms with van der Waals surface area (Å²) < 4.78 is 0. The van der Waals surface area contributed by atoms with E-state index in [4.69, 9.17) is 5.73 Å². The standard InChI is InChI=1S/C13H18N2O/c1-9(16)10-5-7-11(8-6-10)12-3-2-4-13(14)15-12/h2-4,10-11H,5-8H2,1H3,(H2,14,15)/t10-,11-. The van der Waals surface area contributed by atoms with Gasteiger partial charge in [0.25, 0.3) is 0 Å². The minimum Gasteiger partial charge on any atom is -0.384 e. The Kier molecular flexibility index (Phi) is 3.22. The molecule has 1 saturated carbocycles. The summed E-state index contributed by atoms with van der Waals surface area (Å²) in [4.78, 5) is 15.6. The monoisotopic (exact) mass is 218 g/mol. The molecule has 0 saturated heterocycles. The normalized spacial score (nSPS) is 25.3. The van der Waals surface area contributed by atoms with Crippen molar-refractivity contribution in [3.63, 3.8) is 0 Å². The molecule has 1 aromatic heterocycles. The highest BCUT2D eigenvalue weighted by atomic mass is 16.1. The van der Waals surface area contributed by atoms with Crippen LogP contribution >= 0.6 is 0 Å². The highest BCUT2D eigenvalue weighted by molar-refractivity contribution is 5.78. The predicted octanol–water partition coefficient (Wildman–Crippen LogP) is 2.53. The molecule has 1 heterocycles. The van der Waals surface area contributed by atoms with Crippen LogP contribution in [-0.4, -0.2) is 10.8 Å². The first kappa shape index (κ1) is 11.1. The zero-order valence-corrected chi connectivity index (χ0v) is 9.65. The minimum atomic E-state index is 0.275. The number of carbonyl (C=O) groups is 1. The van der Waals surface area contributed by atoms with Crippen LogP contribution in [-0.2, 0) is 4.79 Å². The number of pyridine rings is 1. The Morgan fingerprint density at radius 3 is 2.56 bits per heavy atom. The SMILES string of the molecule is CC(=O)[C@H]1CC[C@H](c2cccc(N)n2)CC1. The summed E-state index contributed by atoms with van der Waals surface area (Å²) in [6.07, 6.45) is 4.11. The topological polar surface area (TPSA) is 56.0 Å². The Labute approximate surface area is 96.1 Å². The van der Waals surface area contributed by atoms with E-state index in [9.17, 15) is 4.79 Å². The largest absolute Gasteiger partial charge is 0.384 e. The number of hydrogen-bond acceptors (Lipinski definition) is 3. The molecule has 0 radical (unpaired) electrons. The molecule has 0 aliphatic heterocycles. The zero-order chi connectivity index (χ0) is 11.5. The maximum absolute atomic E-state index is 11.3. The molecule has 0 aromatic carbocycles. The Morgan fingerprint density at radius 2 is 2.00 bits per heavy atom. The van der Waals surface area contributed by atoms with Gasteiger partial charge in [-0.25, -0.2) is 4.98 Å². The van der Waals surface area contributed by atoms with Gasteiger partial charge in [0.1, 0.15) is 11.6 Å². The molecule has 1 aliphatic carbocycles. The van der Waals surface area contributed by atoms with Gasteiger partial charge in [-0.3, -0.25) is 4.79 Å². The van der Waals surface area contributed by atoms with Crippen LogP contribution in [0.15, 0.2) is 18.2 Å². The van der Waals surface area contributed by atoms with Crippen molar-refractivity contribution in [2.24, 2.45) is 5.92 Å². The summed E-state index contributed by atoms with van der Waals surface area (Å²) in [5.41, 5.74) is 6.76. The molecular weight excluding hydrogens is 200 g/mol. The van der Waals surface area contributed by atoms with Crippen LogP contribution in [0.3, 0.4) is 0 Å². The van der Waals surface area contributed by atoms with E-state index < -0.39 is 0 Å². The molecule has 1 fully saturated rings.